The molecule has 2 N–H and O–H groups in total. The molecule has 1 aliphatic rings. The van der Waals surface area contributed by atoms with E-state index in [2.05, 4.69) is 44.2 Å². The summed E-state index contributed by atoms with van der Waals surface area (Å²) in [5.74, 6) is 0. The van der Waals surface area contributed by atoms with Crippen LogP contribution in [0.1, 0.15) is 20.8 Å². The monoisotopic (exact) mass is 303 g/mol. The maximum Gasteiger partial charge on any atom is 0.293 e. The van der Waals surface area contributed by atoms with Crippen molar-refractivity contribution < 1.29 is 9.53 Å². The van der Waals surface area contributed by atoms with Gasteiger partial charge in [0.1, 0.15) is 5.60 Å². The van der Waals surface area contributed by atoms with E-state index in [9.17, 15) is 4.79 Å². The van der Waals surface area contributed by atoms with Crippen LogP contribution in [0, 0.1) is 0 Å². The molecule has 5 nitrogen and oxygen atoms in total. The number of nitrogens with one attached hydrogen (secondary N) is 2. The first-order chi connectivity index (χ1) is 10.5. The molecule has 1 aliphatic heterocycles. The largest absolute Gasteiger partial charge is 0.462 e. The van der Waals surface area contributed by atoms with Crippen LogP contribution in [0.5, 0.6) is 0 Å². The maximum absolute atomic E-state index is 9.60. The molecule has 0 bridgehead atoms. The van der Waals surface area contributed by atoms with E-state index in [1.165, 1.54) is 16.6 Å². The summed E-state index contributed by atoms with van der Waals surface area (Å²) in [6.07, 6.45) is 1.99. The zero-order chi connectivity index (χ0) is 16.0. The predicted molar refractivity (Wildman–Crippen MR) is 90.3 cm³/mol. The number of nitrogens with zero attached hydrogens (tertiary/aromatic N) is 1. The highest BCUT2D eigenvalue weighted by molar-refractivity contribution is 5.83. The molecule has 5 heteroatoms. The second-order valence-corrected chi connectivity index (χ2v) is 6.31. The number of fused-ring (bicyclic) bond motifs is 1. The number of anilines is 1. The quantitative estimate of drug-likeness (QED) is 0.837. The molecular formula is C17H25N3O2. The van der Waals surface area contributed by atoms with Crippen molar-refractivity contribution in [2.75, 3.05) is 31.1 Å². The lowest BCUT2D eigenvalue weighted by molar-refractivity contribution is -0.138. The molecule has 0 spiro atoms. The summed E-state index contributed by atoms with van der Waals surface area (Å²) in [5.41, 5.74) is 2.24. The first kappa shape index (κ1) is 16.4. The Kier molecular flexibility index (Phi) is 5.44. The molecule has 2 aromatic rings. The van der Waals surface area contributed by atoms with Crippen LogP contribution < -0.4 is 10.2 Å². The fourth-order valence-electron chi connectivity index (χ4n) is 2.30. The summed E-state index contributed by atoms with van der Waals surface area (Å²) >= 11 is 0. The summed E-state index contributed by atoms with van der Waals surface area (Å²) in [6.45, 7) is 10.3. The van der Waals surface area contributed by atoms with Crippen molar-refractivity contribution in [1.29, 1.82) is 0 Å². The minimum atomic E-state index is -0.318. The number of carbonyl (C=O) groups is 1. The van der Waals surface area contributed by atoms with Crippen LogP contribution in [-0.4, -0.2) is 43.2 Å². The minimum absolute atomic E-state index is 0.318. The molecule has 1 aromatic carbocycles. The highest BCUT2D eigenvalue weighted by Gasteiger charge is 2.10. The molecule has 1 aromatic heterocycles. The second kappa shape index (κ2) is 7.31. The van der Waals surface area contributed by atoms with Crippen LogP contribution in [0.4, 0.5) is 5.69 Å². The van der Waals surface area contributed by atoms with Gasteiger partial charge in [0.05, 0.1) is 0 Å². The lowest BCUT2D eigenvalue weighted by Crippen LogP contribution is -2.43. The van der Waals surface area contributed by atoms with Crippen molar-refractivity contribution in [1.82, 2.24) is 10.3 Å². The molecule has 3 rings (SSSR count). The van der Waals surface area contributed by atoms with E-state index in [1.54, 1.807) is 0 Å². The van der Waals surface area contributed by atoms with Crippen molar-refractivity contribution >= 4 is 23.1 Å². The molecule has 0 amide bonds. The SMILES string of the molecule is CC(C)(C)OC=O.c1cc2ccc(N3CCNCC3)cc2[nH]1. The van der Waals surface area contributed by atoms with Gasteiger partial charge in [-0.2, -0.15) is 0 Å². The summed E-state index contributed by atoms with van der Waals surface area (Å²) in [7, 11) is 0. The van der Waals surface area contributed by atoms with Crippen molar-refractivity contribution in [3.05, 3.63) is 30.5 Å². The number of hydrogen-bond acceptors (Lipinski definition) is 4. The predicted octanol–water partition coefficient (Wildman–Crippen LogP) is 2.54. The number of benzene rings is 1. The van der Waals surface area contributed by atoms with Gasteiger partial charge in [-0.1, -0.05) is 6.07 Å². The number of rotatable bonds is 2. The number of ether oxygens (including phenoxy) is 1. The second-order valence-electron chi connectivity index (χ2n) is 6.31. The van der Waals surface area contributed by atoms with Crippen LogP contribution in [-0.2, 0) is 9.53 Å². The summed E-state index contributed by atoms with van der Waals surface area (Å²) in [4.78, 5) is 15.3. The van der Waals surface area contributed by atoms with Gasteiger partial charge in [0, 0.05) is 43.6 Å². The van der Waals surface area contributed by atoms with E-state index in [4.69, 9.17) is 0 Å². The normalized spacial score (nSPS) is 15.1. The Balaban J connectivity index is 0.000000217. The molecule has 0 radical (unpaired) electrons. The van der Waals surface area contributed by atoms with Crippen molar-refractivity contribution in [2.45, 2.75) is 26.4 Å². The van der Waals surface area contributed by atoms with Gasteiger partial charge in [0.2, 0.25) is 0 Å². The van der Waals surface area contributed by atoms with Crippen LogP contribution >= 0.6 is 0 Å². The Morgan fingerprint density at radius 2 is 1.91 bits per heavy atom. The molecule has 0 atom stereocenters. The number of piperazine rings is 1. The molecule has 22 heavy (non-hydrogen) atoms. The first-order valence-corrected chi connectivity index (χ1v) is 7.64. The van der Waals surface area contributed by atoms with Crippen molar-refractivity contribution in [2.24, 2.45) is 0 Å². The number of aromatic nitrogens is 1. The highest BCUT2D eigenvalue weighted by Crippen LogP contribution is 2.21. The number of H-pyrrole nitrogens is 1. The third-order valence-electron chi connectivity index (χ3n) is 3.42. The Labute approximate surface area is 131 Å². The van der Waals surface area contributed by atoms with E-state index in [-0.39, 0.29) is 5.60 Å². The highest BCUT2D eigenvalue weighted by atomic mass is 16.5. The molecule has 120 valence electrons. The fraction of sp³-hybridized carbons (Fsp3) is 0.471. The number of hydrogen-bond donors (Lipinski definition) is 2. The van der Waals surface area contributed by atoms with Gasteiger partial charge < -0.3 is 19.9 Å². The zero-order valence-electron chi connectivity index (χ0n) is 13.6. The Morgan fingerprint density at radius 3 is 2.50 bits per heavy atom. The molecule has 1 saturated heterocycles. The minimum Gasteiger partial charge on any atom is -0.462 e. The average Bonchev–Trinajstić information content (AvgIpc) is 2.95. The third-order valence-corrected chi connectivity index (χ3v) is 3.42. The van der Waals surface area contributed by atoms with E-state index >= 15 is 0 Å². The van der Waals surface area contributed by atoms with E-state index in [0.717, 1.165) is 26.2 Å². The van der Waals surface area contributed by atoms with Gasteiger partial charge in [-0.3, -0.25) is 4.79 Å². The zero-order valence-corrected chi connectivity index (χ0v) is 13.6. The Bertz CT molecular complexity index is 595. The standard InChI is InChI=1S/C12H15N3.C5H10O2/c1-2-11(15-7-5-13-6-8-15)9-12-10(1)3-4-14-12;1-5(2,3)7-4-6/h1-4,9,13-14H,5-8H2;4H,1-3H3. The van der Waals surface area contributed by atoms with E-state index in [0.29, 0.717) is 6.47 Å². The molecule has 1 fully saturated rings. The molecule has 0 saturated carbocycles. The summed E-state index contributed by atoms with van der Waals surface area (Å²) in [5, 5.41) is 4.65. The fourth-order valence-corrected chi connectivity index (χ4v) is 2.30. The molecular weight excluding hydrogens is 278 g/mol. The van der Waals surface area contributed by atoms with Gasteiger partial charge in [0.15, 0.2) is 0 Å². The van der Waals surface area contributed by atoms with E-state index in [1.807, 2.05) is 27.0 Å². The van der Waals surface area contributed by atoms with Gasteiger partial charge in [-0.05, 0) is 44.4 Å². The van der Waals surface area contributed by atoms with Crippen LogP contribution in [0.3, 0.4) is 0 Å². The van der Waals surface area contributed by atoms with E-state index < -0.39 is 0 Å². The molecule has 0 unspecified atom stereocenters. The first-order valence-electron chi connectivity index (χ1n) is 7.64. The third kappa shape index (κ3) is 4.77. The Morgan fingerprint density at radius 1 is 1.18 bits per heavy atom. The number of aromatic amines is 1. The van der Waals surface area contributed by atoms with Crippen molar-refractivity contribution in [3.63, 3.8) is 0 Å². The summed E-state index contributed by atoms with van der Waals surface area (Å²) < 4.78 is 4.55. The lowest BCUT2D eigenvalue weighted by atomic mass is 10.2. The summed E-state index contributed by atoms with van der Waals surface area (Å²) in [6, 6.07) is 8.74. The van der Waals surface area contributed by atoms with Gasteiger partial charge in [0.25, 0.3) is 6.47 Å². The lowest BCUT2D eigenvalue weighted by Gasteiger charge is -2.29. The maximum atomic E-state index is 9.60. The molecule has 0 aliphatic carbocycles. The van der Waals surface area contributed by atoms with Crippen LogP contribution in [0.25, 0.3) is 10.9 Å². The Hall–Kier alpha value is -2.01. The van der Waals surface area contributed by atoms with Crippen molar-refractivity contribution in [3.8, 4) is 0 Å². The van der Waals surface area contributed by atoms with Gasteiger partial charge in [-0.15, -0.1) is 0 Å². The van der Waals surface area contributed by atoms with Gasteiger partial charge in [-0.25, -0.2) is 0 Å². The van der Waals surface area contributed by atoms with Crippen LogP contribution in [0.15, 0.2) is 30.5 Å². The molecule has 2 heterocycles. The topological polar surface area (TPSA) is 57.4 Å². The smallest absolute Gasteiger partial charge is 0.293 e. The van der Waals surface area contributed by atoms with Crippen LogP contribution in [0.2, 0.25) is 0 Å². The average molecular weight is 303 g/mol. The number of carbonyl (C=O) groups excluding carboxylic acids is 1. The van der Waals surface area contributed by atoms with Gasteiger partial charge >= 0.3 is 0 Å².